The molecule has 1 atom stereocenters. The van der Waals surface area contributed by atoms with Gasteiger partial charge in [0.1, 0.15) is 5.35 Å². The number of carbonyl (C=O) groups is 1. The van der Waals surface area contributed by atoms with Crippen molar-refractivity contribution in [3.8, 4) is 0 Å². The maximum Gasteiger partial charge on any atom is 0.313 e. The van der Waals surface area contributed by atoms with Gasteiger partial charge in [0.2, 0.25) is 0 Å². The number of rotatable bonds is 3. The molecule has 0 saturated carbocycles. The molecular formula is C9H7I3O2. The van der Waals surface area contributed by atoms with Gasteiger partial charge in [-0.1, -0.05) is 98.1 Å². The minimum absolute atomic E-state index is 0.347. The number of aliphatic carboxylic acids is 1. The van der Waals surface area contributed by atoms with Crippen molar-refractivity contribution < 1.29 is 9.90 Å². The fraction of sp³-hybridized carbons (Fsp3) is 0.222. The summed E-state index contributed by atoms with van der Waals surface area (Å²) in [4.78, 5) is 11.1. The highest BCUT2D eigenvalue weighted by atomic mass is 127. The lowest BCUT2D eigenvalue weighted by atomic mass is 10.0. The normalized spacial score (nSPS) is 13.6. The van der Waals surface area contributed by atoms with Crippen molar-refractivity contribution in [2.75, 3.05) is 0 Å². The van der Waals surface area contributed by atoms with Gasteiger partial charge in [-0.3, -0.25) is 4.79 Å². The zero-order valence-corrected chi connectivity index (χ0v) is 13.4. The van der Waals surface area contributed by atoms with Crippen molar-refractivity contribution in [1.29, 1.82) is 0 Å². The van der Waals surface area contributed by atoms with Crippen LogP contribution in [0.5, 0.6) is 0 Å². The number of hydrogen-bond donors (Lipinski definition) is 1. The molecule has 2 nitrogen and oxygen atoms in total. The number of carboxylic acid groups (broad SMARTS) is 1. The molecule has 1 aromatic rings. The van der Waals surface area contributed by atoms with Gasteiger partial charge in [-0.05, 0) is 5.56 Å². The van der Waals surface area contributed by atoms with E-state index in [0.29, 0.717) is 0 Å². The molecule has 0 fully saturated rings. The fourth-order valence-electron chi connectivity index (χ4n) is 1.12. The van der Waals surface area contributed by atoms with Crippen molar-refractivity contribution in [2.24, 2.45) is 0 Å². The maximum absolute atomic E-state index is 11.1. The molecule has 14 heavy (non-hydrogen) atoms. The highest BCUT2D eigenvalue weighted by molar-refractivity contribution is 14.3. The van der Waals surface area contributed by atoms with Crippen molar-refractivity contribution >= 4 is 73.7 Å². The molecule has 5 heteroatoms. The summed E-state index contributed by atoms with van der Waals surface area (Å²) >= 11 is 6.45. The monoisotopic (exact) mass is 528 g/mol. The van der Waals surface area contributed by atoms with Gasteiger partial charge in [0.15, 0.2) is 0 Å². The first-order valence-corrected chi connectivity index (χ1v) is 7.01. The Labute approximate surface area is 123 Å². The lowest BCUT2D eigenvalue weighted by Crippen LogP contribution is -2.23. The average molecular weight is 528 g/mol. The third kappa shape index (κ3) is 3.47. The lowest BCUT2D eigenvalue weighted by Gasteiger charge is -2.21. The topological polar surface area (TPSA) is 37.3 Å². The van der Waals surface area contributed by atoms with Gasteiger partial charge in [-0.25, -0.2) is 0 Å². The molecule has 0 aliphatic carbocycles. The standard InChI is InChI=1S/C9H7I3O2/c10-9(11,12)7(8(13)14)6-4-2-1-3-5-6/h1-5,7H,(H,13,14). The first-order valence-electron chi connectivity index (χ1n) is 3.77. The van der Waals surface area contributed by atoms with E-state index in [0.717, 1.165) is 5.56 Å². The fourth-order valence-corrected chi connectivity index (χ4v) is 2.99. The summed E-state index contributed by atoms with van der Waals surface area (Å²) in [6, 6.07) is 9.31. The molecule has 76 valence electrons. The Bertz CT molecular complexity index is 319. The molecule has 0 aromatic heterocycles. The molecule has 0 aliphatic rings. The van der Waals surface area contributed by atoms with Gasteiger partial charge in [0.05, 0.1) is 0 Å². The summed E-state index contributed by atoms with van der Waals surface area (Å²) < 4.78 is -0.347. The quantitative estimate of drug-likeness (QED) is 0.479. The highest BCUT2D eigenvalue weighted by Gasteiger charge is 2.37. The molecule has 0 bridgehead atoms. The summed E-state index contributed by atoms with van der Waals surface area (Å²) in [6.07, 6.45) is 0. The van der Waals surface area contributed by atoms with E-state index in [4.69, 9.17) is 5.11 Å². The van der Waals surface area contributed by atoms with Crippen LogP contribution in [0, 0.1) is 0 Å². The second-order valence-corrected chi connectivity index (χ2v) is 14.0. The zero-order valence-electron chi connectivity index (χ0n) is 6.95. The third-order valence-corrected chi connectivity index (χ3v) is 3.58. The van der Waals surface area contributed by atoms with Crippen molar-refractivity contribution in [3.05, 3.63) is 35.9 Å². The van der Waals surface area contributed by atoms with E-state index >= 15 is 0 Å². The summed E-state index contributed by atoms with van der Waals surface area (Å²) in [6.45, 7) is 0. The van der Waals surface area contributed by atoms with E-state index in [1.165, 1.54) is 0 Å². The summed E-state index contributed by atoms with van der Waals surface area (Å²) in [5, 5.41) is 9.15. The van der Waals surface area contributed by atoms with Crippen LogP contribution in [-0.4, -0.2) is 10.5 Å². The Morgan fingerprint density at radius 1 is 1.21 bits per heavy atom. The van der Waals surface area contributed by atoms with Gasteiger partial charge < -0.3 is 5.11 Å². The van der Waals surface area contributed by atoms with Crippen LogP contribution in [0.25, 0.3) is 0 Å². The van der Waals surface area contributed by atoms with Crippen LogP contribution >= 0.6 is 67.8 Å². The molecular weight excluding hydrogens is 521 g/mol. The second-order valence-electron chi connectivity index (χ2n) is 2.72. The van der Waals surface area contributed by atoms with Gasteiger partial charge >= 0.3 is 5.97 Å². The van der Waals surface area contributed by atoms with E-state index in [9.17, 15) is 4.79 Å². The number of carboxylic acids is 1. The molecule has 1 rings (SSSR count). The van der Waals surface area contributed by atoms with Crippen molar-refractivity contribution in [2.45, 2.75) is 5.35 Å². The molecule has 1 aromatic carbocycles. The zero-order chi connectivity index (χ0) is 10.8. The Morgan fingerprint density at radius 3 is 2.07 bits per heavy atom. The van der Waals surface area contributed by atoms with E-state index < -0.39 is 11.9 Å². The molecule has 1 N–H and O–H groups in total. The van der Waals surface area contributed by atoms with Crippen LogP contribution in [0.3, 0.4) is 0 Å². The van der Waals surface area contributed by atoms with Gasteiger partial charge in [0, 0.05) is 0 Å². The van der Waals surface area contributed by atoms with Crippen LogP contribution < -0.4 is 0 Å². The van der Waals surface area contributed by atoms with E-state index in [1.54, 1.807) is 0 Å². The molecule has 0 aliphatic heterocycles. The molecule has 0 heterocycles. The van der Waals surface area contributed by atoms with Crippen molar-refractivity contribution in [3.63, 3.8) is 0 Å². The molecule has 1 unspecified atom stereocenters. The molecule has 0 amide bonds. The van der Waals surface area contributed by atoms with Crippen LogP contribution in [0.2, 0.25) is 0 Å². The predicted octanol–water partition coefficient (Wildman–Crippen LogP) is 3.81. The Kier molecular flexibility index (Phi) is 4.88. The maximum atomic E-state index is 11.1. The molecule has 0 radical (unpaired) electrons. The van der Waals surface area contributed by atoms with Crippen LogP contribution in [-0.2, 0) is 4.79 Å². The predicted molar refractivity (Wildman–Crippen MR) is 81.6 cm³/mol. The number of benzene rings is 1. The minimum Gasteiger partial charge on any atom is -0.481 e. The summed E-state index contributed by atoms with van der Waals surface area (Å²) in [7, 11) is 0. The average Bonchev–Trinajstić information content (AvgIpc) is 2.02. The number of halogens is 3. The molecule has 0 spiro atoms. The Hall–Kier alpha value is 0.880. The first-order chi connectivity index (χ1) is 6.43. The first kappa shape index (κ1) is 12.9. The lowest BCUT2D eigenvalue weighted by molar-refractivity contribution is -0.138. The van der Waals surface area contributed by atoms with Gasteiger partial charge in [-0.15, -0.1) is 0 Å². The van der Waals surface area contributed by atoms with Gasteiger partial charge in [0.25, 0.3) is 0 Å². The Balaban J connectivity index is 3.08. The highest BCUT2D eigenvalue weighted by Crippen LogP contribution is 2.47. The SMILES string of the molecule is O=C(O)C(c1ccccc1)C(I)(I)I. The van der Waals surface area contributed by atoms with Crippen molar-refractivity contribution in [1.82, 2.24) is 0 Å². The van der Waals surface area contributed by atoms with E-state index in [-0.39, 0.29) is -0.565 Å². The minimum atomic E-state index is -0.783. The Morgan fingerprint density at radius 2 is 1.71 bits per heavy atom. The van der Waals surface area contributed by atoms with Crippen LogP contribution in [0.15, 0.2) is 30.3 Å². The summed E-state index contributed by atoms with van der Waals surface area (Å²) in [5.74, 6) is -1.26. The van der Waals surface area contributed by atoms with E-state index in [1.807, 2.05) is 30.3 Å². The third-order valence-electron chi connectivity index (χ3n) is 1.71. The smallest absolute Gasteiger partial charge is 0.313 e. The number of alkyl halides is 3. The largest absolute Gasteiger partial charge is 0.481 e. The summed E-state index contributed by atoms with van der Waals surface area (Å²) in [5.41, 5.74) is 0.846. The van der Waals surface area contributed by atoms with E-state index in [2.05, 4.69) is 67.8 Å². The number of hydrogen-bond acceptors (Lipinski definition) is 1. The van der Waals surface area contributed by atoms with Crippen LogP contribution in [0.4, 0.5) is 0 Å². The van der Waals surface area contributed by atoms with Gasteiger partial charge in [-0.2, -0.15) is 0 Å². The van der Waals surface area contributed by atoms with Crippen LogP contribution in [0.1, 0.15) is 11.5 Å². The second kappa shape index (κ2) is 5.28. The molecule has 0 saturated heterocycles.